The third-order valence-electron chi connectivity index (χ3n) is 4.65. The van der Waals surface area contributed by atoms with Crippen LogP contribution in [0.3, 0.4) is 0 Å². The zero-order valence-corrected chi connectivity index (χ0v) is 16.4. The molecule has 0 aliphatic carbocycles. The Hall–Kier alpha value is -1.07. The van der Waals surface area contributed by atoms with E-state index in [0.29, 0.717) is 12.0 Å². The zero-order chi connectivity index (χ0) is 17.2. The third-order valence-corrected chi connectivity index (χ3v) is 5.76. The predicted octanol–water partition coefficient (Wildman–Crippen LogP) is 3.67. The molecular weight excluding hydrogens is 316 g/mol. The van der Waals surface area contributed by atoms with Gasteiger partial charge >= 0.3 is 0 Å². The zero-order valence-electron chi connectivity index (χ0n) is 15.6. The number of piperidine rings is 1. The van der Waals surface area contributed by atoms with Crippen molar-refractivity contribution >= 4 is 17.3 Å². The normalized spacial score (nSPS) is 18.5. The highest BCUT2D eigenvalue weighted by molar-refractivity contribution is 7.10. The van der Waals surface area contributed by atoms with Crippen LogP contribution in [0.4, 0.5) is 0 Å². The second kappa shape index (κ2) is 10.7. The highest BCUT2D eigenvalue weighted by Crippen LogP contribution is 2.20. The largest absolute Gasteiger partial charge is 0.357 e. The van der Waals surface area contributed by atoms with Crippen LogP contribution in [-0.2, 0) is 0 Å². The molecule has 0 saturated carbocycles. The van der Waals surface area contributed by atoms with Crippen LogP contribution in [0.5, 0.6) is 0 Å². The van der Waals surface area contributed by atoms with E-state index in [1.807, 2.05) is 11.3 Å². The van der Waals surface area contributed by atoms with Gasteiger partial charge in [0.1, 0.15) is 0 Å². The maximum Gasteiger partial charge on any atom is 0.191 e. The Labute approximate surface area is 151 Å². The van der Waals surface area contributed by atoms with Crippen molar-refractivity contribution in [3.63, 3.8) is 0 Å². The summed E-state index contributed by atoms with van der Waals surface area (Å²) in [4.78, 5) is 8.84. The predicted molar refractivity (Wildman–Crippen MR) is 106 cm³/mol. The molecule has 0 radical (unpaired) electrons. The number of nitrogens with one attached hydrogen (secondary N) is 2. The van der Waals surface area contributed by atoms with E-state index in [1.54, 1.807) is 0 Å². The standard InChI is InChI=1S/C19H34N4S/c1-4-6-11-23-12-9-17(10-13-23)22-19(20-5-2)21-15-16(3)18-8-7-14-24-18/h7-8,14,16-17H,4-6,9-13,15H2,1-3H3,(H2,20,21,22). The molecule has 1 saturated heterocycles. The molecule has 2 rings (SSSR count). The van der Waals surface area contributed by atoms with Crippen molar-refractivity contribution in [2.75, 3.05) is 32.7 Å². The van der Waals surface area contributed by atoms with Crippen LogP contribution in [0.1, 0.15) is 57.2 Å². The molecule has 1 aliphatic heterocycles. The summed E-state index contributed by atoms with van der Waals surface area (Å²) in [5.41, 5.74) is 0. The van der Waals surface area contributed by atoms with E-state index in [4.69, 9.17) is 4.99 Å². The average Bonchev–Trinajstić information content (AvgIpc) is 3.13. The molecule has 0 spiro atoms. The first kappa shape index (κ1) is 19.3. The number of unbranched alkanes of at least 4 members (excludes halogenated alkanes) is 1. The van der Waals surface area contributed by atoms with Crippen molar-refractivity contribution in [2.45, 2.75) is 58.4 Å². The second-order valence-corrected chi connectivity index (χ2v) is 7.73. The van der Waals surface area contributed by atoms with Gasteiger partial charge in [0, 0.05) is 36.5 Å². The minimum absolute atomic E-state index is 0.483. The van der Waals surface area contributed by atoms with Crippen LogP contribution < -0.4 is 10.6 Å². The number of hydrogen-bond donors (Lipinski definition) is 2. The van der Waals surface area contributed by atoms with Crippen LogP contribution in [0.2, 0.25) is 0 Å². The van der Waals surface area contributed by atoms with Gasteiger partial charge in [0.2, 0.25) is 0 Å². The van der Waals surface area contributed by atoms with Crippen LogP contribution in [-0.4, -0.2) is 49.6 Å². The molecule has 4 nitrogen and oxygen atoms in total. The minimum Gasteiger partial charge on any atom is -0.357 e. The molecular formula is C19H34N4S. The summed E-state index contributed by atoms with van der Waals surface area (Å²) in [6.45, 7) is 12.1. The van der Waals surface area contributed by atoms with Crippen LogP contribution >= 0.6 is 11.3 Å². The lowest BCUT2D eigenvalue weighted by Gasteiger charge is -2.33. The first-order chi connectivity index (χ1) is 11.7. The lowest BCUT2D eigenvalue weighted by Crippen LogP contribution is -2.48. The summed E-state index contributed by atoms with van der Waals surface area (Å²) in [6, 6.07) is 4.88. The maximum atomic E-state index is 4.82. The van der Waals surface area contributed by atoms with Crippen molar-refractivity contribution in [2.24, 2.45) is 4.99 Å². The first-order valence-electron chi connectivity index (χ1n) is 9.53. The Kier molecular flexibility index (Phi) is 8.60. The van der Waals surface area contributed by atoms with E-state index >= 15 is 0 Å². The number of rotatable bonds is 8. The molecule has 136 valence electrons. The van der Waals surface area contributed by atoms with E-state index in [0.717, 1.165) is 19.0 Å². The third kappa shape index (κ3) is 6.44. The van der Waals surface area contributed by atoms with Gasteiger partial charge < -0.3 is 15.5 Å². The van der Waals surface area contributed by atoms with Gasteiger partial charge in [-0.2, -0.15) is 0 Å². The monoisotopic (exact) mass is 350 g/mol. The number of aliphatic imine (C=N–C) groups is 1. The van der Waals surface area contributed by atoms with E-state index in [2.05, 4.69) is 53.8 Å². The summed E-state index contributed by atoms with van der Waals surface area (Å²) < 4.78 is 0. The summed E-state index contributed by atoms with van der Waals surface area (Å²) in [6.07, 6.45) is 5.05. The summed E-state index contributed by atoms with van der Waals surface area (Å²) in [7, 11) is 0. The van der Waals surface area contributed by atoms with Crippen molar-refractivity contribution in [1.82, 2.24) is 15.5 Å². The Morgan fingerprint density at radius 3 is 2.79 bits per heavy atom. The SMILES string of the molecule is CCCCN1CCC(NC(=NCC(C)c2cccs2)NCC)CC1. The lowest BCUT2D eigenvalue weighted by molar-refractivity contribution is 0.203. The van der Waals surface area contributed by atoms with Gasteiger partial charge in [-0.05, 0) is 44.2 Å². The highest BCUT2D eigenvalue weighted by Gasteiger charge is 2.19. The number of guanidine groups is 1. The van der Waals surface area contributed by atoms with Gasteiger partial charge in [-0.15, -0.1) is 11.3 Å². The molecule has 1 aliphatic rings. The highest BCUT2D eigenvalue weighted by atomic mass is 32.1. The van der Waals surface area contributed by atoms with Crippen LogP contribution in [0, 0.1) is 0 Å². The number of thiophene rings is 1. The van der Waals surface area contributed by atoms with Gasteiger partial charge in [0.05, 0.1) is 6.54 Å². The lowest BCUT2D eigenvalue weighted by atomic mass is 10.0. The fourth-order valence-electron chi connectivity index (χ4n) is 3.09. The molecule has 0 amide bonds. The van der Waals surface area contributed by atoms with Gasteiger partial charge in [0.15, 0.2) is 5.96 Å². The van der Waals surface area contributed by atoms with Gasteiger partial charge in [-0.1, -0.05) is 26.3 Å². The molecule has 1 fully saturated rings. The van der Waals surface area contributed by atoms with E-state index < -0.39 is 0 Å². The van der Waals surface area contributed by atoms with E-state index in [9.17, 15) is 0 Å². The molecule has 2 heterocycles. The fourth-order valence-corrected chi connectivity index (χ4v) is 3.86. The Morgan fingerprint density at radius 2 is 2.17 bits per heavy atom. The molecule has 1 aromatic heterocycles. The van der Waals surface area contributed by atoms with Crippen LogP contribution in [0.25, 0.3) is 0 Å². The smallest absolute Gasteiger partial charge is 0.191 e. The summed E-state index contributed by atoms with van der Waals surface area (Å²) >= 11 is 1.82. The number of nitrogens with zero attached hydrogens (tertiary/aromatic N) is 2. The topological polar surface area (TPSA) is 39.7 Å². The Bertz CT molecular complexity index is 464. The maximum absolute atomic E-state index is 4.82. The molecule has 0 aromatic carbocycles. The Balaban J connectivity index is 1.79. The molecule has 1 aromatic rings. The van der Waals surface area contributed by atoms with E-state index in [-0.39, 0.29) is 0 Å². The van der Waals surface area contributed by atoms with Crippen molar-refractivity contribution < 1.29 is 0 Å². The van der Waals surface area contributed by atoms with Gasteiger partial charge in [-0.25, -0.2) is 0 Å². The first-order valence-corrected chi connectivity index (χ1v) is 10.4. The molecule has 5 heteroatoms. The van der Waals surface area contributed by atoms with Crippen molar-refractivity contribution in [3.05, 3.63) is 22.4 Å². The van der Waals surface area contributed by atoms with Crippen LogP contribution in [0.15, 0.2) is 22.5 Å². The quantitative estimate of drug-likeness (QED) is 0.555. The number of hydrogen-bond acceptors (Lipinski definition) is 3. The molecule has 0 bridgehead atoms. The molecule has 1 atom stereocenters. The number of likely N-dealkylation sites (tertiary alicyclic amines) is 1. The summed E-state index contributed by atoms with van der Waals surface area (Å²) in [5.74, 6) is 1.46. The second-order valence-electron chi connectivity index (χ2n) is 6.75. The average molecular weight is 351 g/mol. The van der Waals surface area contributed by atoms with Crippen molar-refractivity contribution in [1.29, 1.82) is 0 Å². The van der Waals surface area contributed by atoms with Crippen molar-refractivity contribution in [3.8, 4) is 0 Å². The molecule has 24 heavy (non-hydrogen) atoms. The van der Waals surface area contributed by atoms with Gasteiger partial charge in [0.25, 0.3) is 0 Å². The Morgan fingerprint density at radius 1 is 1.38 bits per heavy atom. The molecule has 1 unspecified atom stereocenters. The minimum atomic E-state index is 0.483. The summed E-state index contributed by atoms with van der Waals surface area (Å²) in [5, 5.41) is 9.20. The fraction of sp³-hybridized carbons (Fsp3) is 0.737. The van der Waals surface area contributed by atoms with E-state index in [1.165, 1.54) is 50.2 Å². The molecule has 2 N–H and O–H groups in total. The van der Waals surface area contributed by atoms with Gasteiger partial charge in [-0.3, -0.25) is 4.99 Å².